The average Bonchev–Trinajstić information content (AvgIpc) is 2.74. The molecule has 3 aromatic carbocycles. The molecule has 1 aliphatic rings. The third-order valence-corrected chi connectivity index (χ3v) is 4.49. The Morgan fingerprint density at radius 1 is 0.724 bits per heavy atom. The number of ether oxygens (including phenoxy) is 2. The van der Waals surface area contributed by atoms with Crippen LogP contribution in [0.2, 0.25) is 0 Å². The molecule has 1 aliphatic heterocycles. The number of carbonyl (C=O) groups excluding carboxylic acids is 2. The van der Waals surface area contributed by atoms with Crippen molar-refractivity contribution in [2.75, 3.05) is 23.8 Å². The molecule has 0 radical (unpaired) electrons. The van der Waals surface area contributed by atoms with Crippen molar-refractivity contribution in [1.29, 1.82) is 0 Å². The van der Waals surface area contributed by atoms with Crippen LogP contribution in [-0.2, 0) is 0 Å². The lowest BCUT2D eigenvalue weighted by Crippen LogP contribution is -2.16. The molecule has 0 unspecified atom stereocenters. The van der Waals surface area contributed by atoms with Crippen LogP contribution in [0.25, 0.3) is 0 Å². The Labute approximate surface area is 168 Å². The van der Waals surface area contributed by atoms with E-state index in [1.807, 2.05) is 31.2 Å². The van der Waals surface area contributed by atoms with Gasteiger partial charge in [0.2, 0.25) is 0 Å². The summed E-state index contributed by atoms with van der Waals surface area (Å²) in [5, 5.41) is 5.68. The molecule has 0 saturated heterocycles. The Morgan fingerprint density at radius 2 is 1.31 bits per heavy atom. The second kappa shape index (κ2) is 8.06. The normalized spacial score (nSPS) is 12.2. The Hall–Kier alpha value is -3.80. The largest absolute Gasteiger partial charge is 0.486 e. The first-order valence-electron chi connectivity index (χ1n) is 9.27. The zero-order valence-electron chi connectivity index (χ0n) is 15.9. The standard InChI is InChI=1S/C23H20N2O4/c1-15-3-2-4-18(13-15)24-22(26)16-5-7-17(8-6-16)23(27)25-19-9-10-20-21(14-19)29-12-11-28-20/h2-10,13-14H,11-12H2,1H3,(H,24,26)(H,25,27). The zero-order valence-corrected chi connectivity index (χ0v) is 15.9. The van der Waals surface area contributed by atoms with Gasteiger partial charge < -0.3 is 20.1 Å². The van der Waals surface area contributed by atoms with Gasteiger partial charge in [0.1, 0.15) is 13.2 Å². The van der Waals surface area contributed by atoms with Crippen LogP contribution in [0.4, 0.5) is 11.4 Å². The van der Waals surface area contributed by atoms with E-state index in [4.69, 9.17) is 9.47 Å². The number of carbonyl (C=O) groups is 2. The van der Waals surface area contributed by atoms with Crippen molar-refractivity contribution in [1.82, 2.24) is 0 Å². The summed E-state index contributed by atoms with van der Waals surface area (Å²) in [6.45, 7) is 2.96. The molecule has 6 heteroatoms. The maximum Gasteiger partial charge on any atom is 0.255 e. The number of anilines is 2. The van der Waals surface area contributed by atoms with Gasteiger partial charge in [-0.3, -0.25) is 9.59 Å². The van der Waals surface area contributed by atoms with E-state index in [2.05, 4.69) is 10.6 Å². The lowest BCUT2D eigenvalue weighted by atomic mass is 10.1. The van der Waals surface area contributed by atoms with Gasteiger partial charge in [0.05, 0.1) is 0 Å². The number of aryl methyl sites for hydroxylation is 1. The van der Waals surface area contributed by atoms with Gasteiger partial charge in [-0.15, -0.1) is 0 Å². The van der Waals surface area contributed by atoms with E-state index in [9.17, 15) is 9.59 Å². The van der Waals surface area contributed by atoms with Crippen LogP contribution in [0.5, 0.6) is 11.5 Å². The molecular formula is C23H20N2O4. The summed E-state index contributed by atoms with van der Waals surface area (Å²) < 4.78 is 11.0. The Balaban J connectivity index is 1.42. The molecule has 0 saturated carbocycles. The van der Waals surface area contributed by atoms with Crippen LogP contribution in [0.15, 0.2) is 66.7 Å². The maximum atomic E-state index is 12.5. The maximum absolute atomic E-state index is 12.5. The Morgan fingerprint density at radius 3 is 1.93 bits per heavy atom. The summed E-state index contributed by atoms with van der Waals surface area (Å²) in [5.41, 5.74) is 3.33. The number of fused-ring (bicyclic) bond motifs is 1. The lowest BCUT2D eigenvalue weighted by molar-refractivity contribution is 0.101. The molecule has 0 aromatic heterocycles. The number of rotatable bonds is 4. The van der Waals surface area contributed by atoms with Crippen molar-refractivity contribution >= 4 is 23.2 Å². The van der Waals surface area contributed by atoms with Gasteiger partial charge in [0.15, 0.2) is 11.5 Å². The highest BCUT2D eigenvalue weighted by molar-refractivity contribution is 6.07. The zero-order chi connectivity index (χ0) is 20.2. The third kappa shape index (κ3) is 4.38. The minimum atomic E-state index is -0.271. The van der Waals surface area contributed by atoms with E-state index in [1.165, 1.54) is 0 Å². The Bertz CT molecular complexity index is 1060. The fourth-order valence-corrected chi connectivity index (χ4v) is 3.02. The summed E-state index contributed by atoms with van der Waals surface area (Å²) in [4.78, 5) is 24.9. The molecule has 2 N–H and O–H groups in total. The predicted octanol–water partition coefficient (Wildman–Crippen LogP) is 4.27. The first kappa shape index (κ1) is 18.6. The summed E-state index contributed by atoms with van der Waals surface area (Å²) in [5.74, 6) is 0.775. The average molecular weight is 388 g/mol. The van der Waals surface area contributed by atoms with Crippen LogP contribution in [0, 0.1) is 6.92 Å². The van der Waals surface area contributed by atoms with Gasteiger partial charge in [-0.05, 0) is 61.0 Å². The van der Waals surface area contributed by atoms with Crippen LogP contribution in [0.3, 0.4) is 0 Å². The number of amides is 2. The van der Waals surface area contributed by atoms with Crippen molar-refractivity contribution in [3.05, 3.63) is 83.4 Å². The van der Waals surface area contributed by atoms with E-state index < -0.39 is 0 Å². The van der Waals surface area contributed by atoms with Crippen molar-refractivity contribution in [3.8, 4) is 11.5 Å². The molecule has 0 spiro atoms. The molecule has 0 fully saturated rings. The first-order chi connectivity index (χ1) is 14.1. The Kier molecular flexibility index (Phi) is 5.16. The van der Waals surface area contributed by atoms with Crippen molar-refractivity contribution in [2.24, 2.45) is 0 Å². The minimum Gasteiger partial charge on any atom is -0.486 e. The van der Waals surface area contributed by atoms with Crippen molar-refractivity contribution < 1.29 is 19.1 Å². The summed E-state index contributed by atoms with van der Waals surface area (Å²) >= 11 is 0. The van der Waals surface area contributed by atoms with Gasteiger partial charge in [-0.25, -0.2) is 0 Å². The van der Waals surface area contributed by atoms with Crippen LogP contribution in [0.1, 0.15) is 26.3 Å². The lowest BCUT2D eigenvalue weighted by Gasteiger charge is -2.19. The highest BCUT2D eigenvalue weighted by Gasteiger charge is 2.14. The SMILES string of the molecule is Cc1cccc(NC(=O)c2ccc(C(=O)Nc3ccc4c(c3)OCCO4)cc2)c1. The monoisotopic (exact) mass is 388 g/mol. The first-order valence-corrected chi connectivity index (χ1v) is 9.27. The van der Waals surface area contributed by atoms with Crippen LogP contribution >= 0.6 is 0 Å². The molecule has 4 rings (SSSR count). The summed E-state index contributed by atoms with van der Waals surface area (Å²) in [6.07, 6.45) is 0. The summed E-state index contributed by atoms with van der Waals surface area (Å²) in [6, 6.07) is 19.3. The van der Waals surface area contributed by atoms with Crippen LogP contribution in [-0.4, -0.2) is 25.0 Å². The van der Waals surface area contributed by atoms with E-state index in [1.54, 1.807) is 42.5 Å². The molecule has 3 aromatic rings. The smallest absolute Gasteiger partial charge is 0.255 e. The van der Waals surface area contributed by atoms with Gasteiger partial charge in [0.25, 0.3) is 11.8 Å². The fraction of sp³-hybridized carbons (Fsp3) is 0.130. The molecule has 6 nitrogen and oxygen atoms in total. The van der Waals surface area contributed by atoms with E-state index in [0.717, 1.165) is 11.3 Å². The van der Waals surface area contributed by atoms with Gasteiger partial charge in [-0.1, -0.05) is 12.1 Å². The third-order valence-electron chi connectivity index (χ3n) is 4.49. The van der Waals surface area contributed by atoms with Crippen LogP contribution < -0.4 is 20.1 Å². The van der Waals surface area contributed by atoms with Gasteiger partial charge in [0, 0.05) is 28.6 Å². The van der Waals surface area contributed by atoms with Crippen molar-refractivity contribution in [2.45, 2.75) is 6.92 Å². The molecular weight excluding hydrogens is 368 g/mol. The molecule has 0 atom stereocenters. The van der Waals surface area contributed by atoms with Crippen molar-refractivity contribution in [3.63, 3.8) is 0 Å². The quantitative estimate of drug-likeness (QED) is 0.700. The van der Waals surface area contributed by atoms with Gasteiger partial charge >= 0.3 is 0 Å². The highest BCUT2D eigenvalue weighted by Crippen LogP contribution is 2.32. The number of nitrogens with one attached hydrogen (secondary N) is 2. The molecule has 2 amide bonds. The predicted molar refractivity (Wildman–Crippen MR) is 111 cm³/mol. The van der Waals surface area contributed by atoms with Gasteiger partial charge in [-0.2, -0.15) is 0 Å². The number of benzene rings is 3. The van der Waals surface area contributed by atoms with E-state index >= 15 is 0 Å². The number of hydrogen-bond donors (Lipinski definition) is 2. The minimum absolute atomic E-state index is 0.227. The van der Waals surface area contributed by atoms with E-state index in [-0.39, 0.29) is 11.8 Å². The molecule has 146 valence electrons. The highest BCUT2D eigenvalue weighted by atomic mass is 16.6. The molecule has 0 bridgehead atoms. The second-order valence-corrected chi connectivity index (χ2v) is 6.71. The molecule has 29 heavy (non-hydrogen) atoms. The summed E-state index contributed by atoms with van der Waals surface area (Å²) in [7, 11) is 0. The number of hydrogen-bond acceptors (Lipinski definition) is 4. The fourth-order valence-electron chi connectivity index (χ4n) is 3.02. The topological polar surface area (TPSA) is 76.7 Å². The molecule has 1 heterocycles. The second-order valence-electron chi connectivity index (χ2n) is 6.71. The molecule has 0 aliphatic carbocycles. The van der Waals surface area contributed by atoms with E-state index in [0.29, 0.717) is 41.5 Å².